The molecule has 5 heteroatoms. The first-order chi connectivity index (χ1) is 9.90. The summed E-state index contributed by atoms with van der Waals surface area (Å²) < 4.78 is 16.0. The molecule has 1 rings (SSSR count). The molecule has 118 valence electrons. The molecule has 0 amide bonds. The average Bonchev–Trinajstić information content (AvgIpc) is 2.38. The van der Waals surface area contributed by atoms with Gasteiger partial charge in [-0.25, -0.2) is 0 Å². The van der Waals surface area contributed by atoms with Crippen LogP contribution in [-0.2, 0) is 20.7 Å². The zero-order valence-electron chi connectivity index (χ0n) is 13.1. The molecule has 0 aliphatic heterocycles. The maximum absolute atomic E-state index is 11.7. The summed E-state index contributed by atoms with van der Waals surface area (Å²) in [5, 5.41) is 0. The Hall–Kier alpha value is -1.59. The Morgan fingerprint density at radius 2 is 1.76 bits per heavy atom. The van der Waals surface area contributed by atoms with Crippen LogP contribution in [0.1, 0.15) is 26.3 Å². The van der Waals surface area contributed by atoms with Crippen molar-refractivity contribution in [1.82, 2.24) is 0 Å². The molecule has 0 heterocycles. The molecular formula is C16H25NO4. The third kappa shape index (κ3) is 8.32. The van der Waals surface area contributed by atoms with Crippen LogP contribution in [0.5, 0.6) is 5.75 Å². The van der Waals surface area contributed by atoms with Gasteiger partial charge in [0.25, 0.3) is 0 Å². The molecule has 1 aromatic carbocycles. The summed E-state index contributed by atoms with van der Waals surface area (Å²) in [5.74, 6) is 0.519. The van der Waals surface area contributed by atoms with E-state index in [1.54, 1.807) is 0 Å². The predicted molar refractivity (Wildman–Crippen MR) is 81.4 cm³/mol. The van der Waals surface area contributed by atoms with Gasteiger partial charge in [0.2, 0.25) is 0 Å². The topological polar surface area (TPSA) is 70.8 Å². The van der Waals surface area contributed by atoms with Crippen LogP contribution in [0.2, 0.25) is 0 Å². The van der Waals surface area contributed by atoms with Crippen LogP contribution in [0.3, 0.4) is 0 Å². The van der Waals surface area contributed by atoms with Gasteiger partial charge < -0.3 is 19.9 Å². The second-order valence-electron chi connectivity index (χ2n) is 5.66. The van der Waals surface area contributed by atoms with Gasteiger partial charge in [0.15, 0.2) is 0 Å². The molecule has 0 saturated carbocycles. The van der Waals surface area contributed by atoms with E-state index in [4.69, 9.17) is 19.9 Å². The van der Waals surface area contributed by atoms with Crippen molar-refractivity contribution in [1.29, 1.82) is 0 Å². The van der Waals surface area contributed by atoms with Gasteiger partial charge in [-0.3, -0.25) is 4.79 Å². The Bertz CT molecular complexity index is 423. The molecule has 0 spiro atoms. The lowest BCUT2D eigenvalue weighted by Gasteiger charge is -2.19. The lowest BCUT2D eigenvalue weighted by atomic mass is 10.1. The number of nitrogens with two attached hydrogens (primary N) is 1. The normalized spacial score (nSPS) is 11.2. The Kier molecular flexibility index (Phi) is 7.19. The van der Waals surface area contributed by atoms with Gasteiger partial charge in [0, 0.05) is 6.54 Å². The van der Waals surface area contributed by atoms with Crippen molar-refractivity contribution in [2.45, 2.75) is 32.8 Å². The maximum atomic E-state index is 11.7. The van der Waals surface area contributed by atoms with Crippen LogP contribution in [0.15, 0.2) is 24.3 Å². The minimum atomic E-state index is -0.455. The Morgan fingerprint density at radius 1 is 1.10 bits per heavy atom. The standard InChI is InChI=1S/C16H25NO4/c1-16(2,3)21-15(18)12-13-4-6-14(7-5-13)20-11-10-19-9-8-17/h4-7H,8-12,17H2,1-3H3. The highest BCUT2D eigenvalue weighted by atomic mass is 16.6. The monoisotopic (exact) mass is 295 g/mol. The second kappa shape index (κ2) is 8.64. The van der Waals surface area contributed by atoms with Gasteiger partial charge in [-0.2, -0.15) is 0 Å². The third-order valence-corrected chi connectivity index (χ3v) is 2.45. The number of benzene rings is 1. The van der Waals surface area contributed by atoms with E-state index >= 15 is 0 Å². The Labute approximate surface area is 126 Å². The molecule has 0 aliphatic rings. The number of ether oxygens (including phenoxy) is 3. The van der Waals surface area contributed by atoms with Gasteiger partial charge in [-0.1, -0.05) is 12.1 Å². The van der Waals surface area contributed by atoms with Crippen LogP contribution in [-0.4, -0.2) is 37.9 Å². The van der Waals surface area contributed by atoms with E-state index in [0.717, 1.165) is 11.3 Å². The highest BCUT2D eigenvalue weighted by Gasteiger charge is 2.16. The van der Waals surface area contributed by atoms with Crippen LogP contribution in [0.4, 0.5) is 0 Å². The van der Waals surface area contributed by atoms with Crippen molar-refractivity contribution < 1.29 is 19.0 Å². The van der Waals surface area contributed by atoms with Gasteiger partial charge >= 0.3 is 5.97 Å². The molecule has 21 heavy (non-hydrogen) atoms. The zero-order valence-corrected chi connectivity index (χ0v) is 13.1. The largest absolute Gasteiger partial charge is 0.491 e. The van der Waals surface area contributed by atoms with Crippen molar-refractivity contribution >= 4 is 5.97 Å². The molecule has 1 aromatic rings. The molecule has 0 fully saturated rings. The van der Waals surface area contributed by atoms with E-state index in [-0.39, 0.29) is 12.4 Å². The highest BCUT2D eigenvalue weighted by molar-refractivity contribution is 5.73. The summed E-state index contributed by atoms with van der Waals surface area (Å²) in [6.07, 6.45) is 0.261. The van der Waals surface area contributed by atoms with E-state index < -0.39 is 5.60 Å². The Morgan fingerprint density at radius 3 is 2.33 bits per heavy atom. The summed E-state index contributed by atoms with van der Waals surface area (Å²) in [7, 11) is 0. The Balaban J connectivity index is 2.35. The van der Waals surface area contributed by atoms with Gasteiger partial charge in [-0.05, 0) is 38.5 Å². The first-order valence-electron chi connectivity index (χ1n) is 7.12. The molecular weight excluding hydrogens is 270 g/mol. The fourth-order valence-electron chi connectivity index (χ4n) is 1.65. The molecule has 0 radical (unpaired) electrons. The number of rotatable bonds is 8. The zero-order chi connectivity index (χ0) is 15.7. The summed E-state index contributed by atoms with van der Waals surface area (Å²) >= 11 is 0. The summed E-state index contributed by atoms with van der Waals surface area (Å²) in [6.45, 7) is 7.61. The van der Waals surface area contributed by atoms with Crippen LogP contribution >= 0.6 is 0 Å². The quantitative estimate of drug-likeness (QED) is 0.586. The fraction of sp³-hybridized carbons (Fsp3) is 0.562. The SMILES string of the molecule is CC(C)(C)OC(=O)Cc1ccc(OCCOCCN)cc1. The lowest BCUT2D eigenvalue weighted by molar-refractivity contribution is -0.153. The molecule has 0 aromatic heterocycles. The molecule has 5 nitrogen and oxygen atoms in total. The van der Waals surface area contributed by atoms with Crippen LogP contribution in [0, 0.1) is 0 Å². The molecule has 0 bridgehead atoms. The van der Waals surface area contributed by atoms with Crippen molar-refractivity contribution in [2.75, 3.05) is 26.4 Å². The lowest BCUT2D eigenvalue weighted by Crippen LogP contribution is -2.24. The van der Waals surface area contributed by atoms with E-state index in [1.807, 2.05) is 45.0 Å². The first-order valence-corrected chi connectivity index (χ1v) is 7.12. The number of hydrogen-bond donors (Lipinski definition) is 1. The molecule has 0 unspecified atom stereocenters. The molecule has 2 N–H and O–H groups in total. The van der Waals surface area contributed by atoms with Gasteiger partial charge in [0.1, 0.15) is 18.0 Å². The number of carbonyl (C=O) groups is 1. The van der Waals surface area contributed by atoms with Gasteiger partial charge in [-0.15, -0.1) is 0 Å². The number of hydrogen-bond acceptors (Lipinski definition) is 5. The van der Waals surface area contributed by atoms with E-state index in [1.165, 1.54) is 0 Å². The maximum Gasteiger partial charge on any atom is 0.310 e. The third-order valence-electron chi connectivity index (χ3n) is 2.45. The minimum absolute atomic E-state index is 0.230. The van der Waals surface area contributed by atoms with E-state index in [2.05, 4.69) is 0 Å². The van der Waals surface area contributed by atoms with E-state index in [0.29, 0.717) is 26.4 Å². The number of carbonyl (C=O) groups excluding carboxylic acids is 1. The van der Waals surface area contributed by atoms with Crippen LogP contribution < -0.4 is 10.5 Å². The predicted octanol–water partition coefficient (Wildman–Crippen LogP) is 1.92. The fourth-order valence-corrected chi connectivity index (χ4v) is 1.65. The van der Waals surface area contributed by atoms with Crippen LogP contribution in [0.25, 0.3) is 0 Å². The summed E-state index contributed by atoms with van der Waals surface area (Å²) in [6, 6.07) is 7.39. The molecule has 0 atom stereocenters. The first kappa shape index (κ1) is 17.5. The van der Waals surface area contributed by atoms with E-state index in [9.17, 15) is 4.79 Å². The van der Waals surface area contributed by atoms with Crippen molar-refractivity contribution in [3.63, 3.8) is 0 Å². The van der Waals surface area contributed by atoms with Gasteiger partial charge in [0.05, 0.1) is 19.6 Å². The molecule has 0 saturated heterocycles. The minimum Gasteiger partial charge on any atom is -0.491 e. The van der Waals surface area contributed by atoms with Crippen molar-refractivity contribution in [3.8, 4) is 5.75 Å². The average molecular weight is 295 g/mol. The van der Waals surface area contributed by atoms with Crippen molar-refractivity contribution in [3.05, 3.63) is 29.8 Å². The molecule has 0 aliphatic carbocycles. The smallest absolute Gasteiger partial charge is 0.310 e. The number of esters is 1. The summed E-state index contributed by atoms with van der Waals surface area (Å²) in [5.41, 5.74) is 5.76. The second-order valence-corrected chi connectivity index (χ2v) is 5.66. The summed E-state index contributed by atoms with van der Waals surface area (Å²) in [4.78, 5) is 11.7. The van der Waals surface area contributed by atoms with Crippen molar-refractivity contribution in [2.24, 2.45) is 5.73 Å². The highest BCUT2D eigenvalue weighted by Crippen LogP contribution is 2.14.